The number of imidazole rings is 2. The molecule has 0 radical (unpaired) electrons. The average Bonchev–Trinajstić information content (AvgIpc) is 3.33. The van der Waals surface area contributed by atoms with Crippen molar-refractivity contribution >= 4 is 27.2 Å². The van der Waals surface area contributed by atoms with E-state index in [2.05, 4.69) is 15.3 Å². The third kappa shape index (κ3) is 5.73. The third-order valence-electron chi connectivity index (χ3n) is 5.43. The van der Waals surface area contributed by atoms with Crippen molar-refractivity contribution in [3.05, 3.63) is 48.0 Å². The van der Waals surface area contributed by atoms with E-state index < -0.39 is 16.0 Å². The number of nitrogens with zero attached hydrogens (tertiary/aromatic N) is 4. The van der Waals surface area contributed by atoms with E-state index in [1.807, 2.05) is 58.2 Å². The van der Waals surface area contributed by atoms with Gasteiger partial charge in [0.15, 0.2) is 5.65 Å². The number of fused-ring (bicyclic) bond motifs is 1. The second-order valence-electron chi connectivity index (χ2n) is 11.1. The van der Waals surface area contributed by atoms with Crippen LogP contribution in [-0.4, -0.2) is 43.4 Å². The summed E-state index contributed by atoms with van der Waals surface area (Å²) in [6.07, 6.45) is 0. The predicted octanol–water partition coefficient (Wildman–Crippen LogP) is 5.23. The maximum absolute atomic E-state index is 13.6. The van der Waals surface area contributed by atoms with Crippen LogP contribution in [0.25, 0.3) is 33.8 Å². The van der Waals surface area contributed by atoms with Crippen molar-refractivity contribution in [3.8, 4) is 22.6 Å². The molecule has 9 nitrogen and oxygen atoms in total. The quantitative estimate of drug-likeness (QED) is 0.301. The van der Waals surface area contributed by atoms with Gasteiger partial charge in [0, 0.05) is 17.5 Å². The number of pyridine rings is 1. The highest BCUT2D eigenvalue weighted by atomic mass is 32.2. The van der Waals surface area contributed by atoms with Gasteiger partial charge in [0.1, 0.15) is 23.0 Å². The maximum atomic E-state index is 13.6. The number of anilines is 1. The fraction of sp³-hybridized carbons (Fsp3) is 0.400. The number of aromatic nitrogens is 5. The summed E-state index contributed by atoms with van der Waals surface area (Å²) >= 11 is 0. The van der Waals surface area contributed by atoms with Crippen molar-refractivity contribution in [1.82, 2.24) is 24.5 Å². The van der Waals surface area contributed by atoms with Gasteiger partial charge in [-0.2, -0.15) is 8.42 Å². The molecule has 0 saturated carbocycles. The Morgan fingerprint density at radius 3 is 2.25 bits per heavy atom. The number of hydrogen-bond acceptors (Lipinski definition) is 6. The van der Waals surface area contributed by atoms with Crippen molar-refractivity contribution in [2.45, 2.75) is 53.5 Å². The van der Waals surface area contributed by atoms with E-state index in [-0.39, 0.29) is 16.6 Å². The van der Waals surface area contributed by atoms with E-state index in [1.165, 1.54) is 12.1 Å². The van der Waals surface area contributed by atoms with Gasteiger partial charge in [0.2, 0.25) is 5.95 Å². The summed E-state index contributed by atoms with van der Waals surface area (Å²) in [4.78, 5) is 17.7. The van der Waals surface area contributed by atoms with Crippen LogP contribution in [0.1, 0.15) is 47.4 Å². The second-order valence-corrected chi connectivity index (χ2v) is 12.5. The standard InChI is InChI=1S/C25H31FN6O3S/c1-24(2,3)13-32-21-18(29-23(32)27-14-36(33,34)35)12-11-17(28-21)20-19(15-7-9-16(26)10-8-15)30-22(31-20)25(4,5)6/h7-12H,13-14H2,1-6H3,(H,27,29)(H,30,31)(H,33,34,35). The van der Waals surface area contributed by atoms with Gasteiger partial charge in [0.05, 0.1) is 17.1 Å². The van der Waals surface area contributed by atoms with E-state index >= 15 is 0 Å². The average molecular weight is 515 g/mol. The zero-order valence-corrected chi connectivity index (χ0v) is 22.0. The molecule has 3 N–H and O–H groups in total. The Morgan fingerprint density at radius 1 is 1.00 bits per heavy atom. The first-order valence-electron chi connectivity index (χ1n) is 11.5. The molecular weight excluding hydrogens is 483 g/mol. The molecule has 0 aliphatic rings. The molecule has 1 aromatic carbocycles. The molecule has 4 rings (SSSR count). The van der Waals surface area contributed by atoms with Crippen LogP contribution in [-0.2, 0) is 22.1 Å². The highest BCUT2D eigenvalue weighted by Crippen LogP contribution is 2.34. The summed E-state index contributed by atoms with van der Waals surface area (Å²) in [5.41, 5.74) is 3.38. The van der Waals surface area contributed by atoms with Crippen LogP contribution in [0.15, 0.2) is 36.4 Å². The fourth-order valence-corrected chi connectivity index (χ4v) is 4.10. The molecule has 3 aromatic heterocycles. The van der Waals surface area contributed by atoms with Gasteiger partial charge in [-0.1, -0.05) is 41.5 Å². The Hall–Kier alpha value is -3.31. The lowest BCUT2D eigenvalue weighted by molar-refractivity contribution is 0.349. The monoisotopic (exact) mass is 514 g/mol. The first kappa shape index (κ1) is 25.8. The molecule has 3 heterocycles. The highest BCUT2D eigenvalue weighted by molar-refractivity contribution is 7.85. The number of hydrogen-bond donors (Lipinski definition) is 3. The molecule has 0 aliphatic carbocycles. The Balaban J connectivity index is 1.90. The summed E-state index contributed by atoms with van der Waals surface area (Å²) in [7, 11) is -4.25. The van der Waals surface area contributed by atoms with E-state index in [9.17, 15) is 17.4 Å². The maximum Gasteiger partial charge on any atom is 0.283 e. The van der Waals surface area contributed by atoms with E-state index in [0.717, 1.165) is 11.4 Å². The largest absolute Gasteiger partial charge is 0.340 e. The molecule has 11 heteroatoms. The molecular formula is C25H31FN6O3S. The van der Waals surface area contributed by atoms with Gasteiger partial charge in [-0.25, -0.2) is 19.3 Å². The zero-order chi connectivity index (χ0) is 26.5. The molecule has 0 bridgehead atoms. The molecule has 0 fully saturated rings. The number of aromatic amines is 1. The van der Waals surface area contributed by atoms with Crippen molar-refractivity contribution in [2.75, 3.05) is 11.2 Å². The zero-order valence-electron chi connectivity index (χ0n) is 21.2. The predicted molar refractivity (Wildman–Crippen MR) is 139 cm³/mol. The first-order valence-corrected chi connectivity index (χ1v) is 13.1. The number of rotatable bonds is 6. The Bertz CT molecular complexity index is 1510. The van der Waals surface area contributed by atoms with Crippen LogP contribution >= 0.6 is 0 Å². The number of halogens is 1. The van der Waals surface area contributed by atoms with Crippen LogP contribution in [0.3, 0.4) is 0 Å². The van der Waals surface area contributed by atoms with Crippen molar-refractivity contribution in [2.24, 2.45) is 5.41 Å². The van der Waals surface area contributed by atoms with Gasteiger partial charge < -0.3 is 10.3 Å². The van der Waals surface area contributed by atoms with Gasteiger partial charge in [-0.15, -0.1) is 0 Å². The number of H-pyrrole nitrogens is 1. The van der Waals surface area contributed by atoms with Crippen LogP contribution in [0, 0.1) is 11.2 Å². The third-order valence-corrected chi connectivity index (χ3v) is 5.93. The molecule has 0 unspecified atom stereocenters. The molecule has 0 saturated heterocycles. The molecule has 0 atom stereocenters. The first-order chi connectivity index (χ1) is 16.6. The minimum Gasteiger partial charge on any atom is -0.340 e. The smallest absolute Gasteiger partial charge is 0.283 e. The molecule has 4 aromatic rings. The number of nitrogens with one attached hydrogen (secondary N) is 2. The minimum atomic E-state index is -4.25. The van der Waals surface area contributed by atoms with Crippen molar-refractivity contribution in [1.29, 1.82) is 0 Å². The fourth-order valence-electron chi connectivity index (χ4n) is 3.79. The van der Waals surface area contributed by atoms with E-state index in [0.29, 0.717) is 40.7 Å². The Kier molecular flexibility index (Phi) is 6.42. The van der Waals surface area contributed by atoms with Crippen molar-refractivity contribution in [3.63, 3.8) is 0 Å². The van der Waals surface area contributed by atoms with Crippen LogP contribution in [0.4, 0.5) is 10.3 Å². The number of benzene rings is 1. The second kappa shape index (κ2) is 8.97. The minimum absolute atomic E-state index is 0.174. The van der Waals surface area contributed by atoms with E-state index in [1.54, 1.807) is 12.1 Å². The molecule has 0 amide bonds. The summed E-state index contributed by atoms with van der Waals surface area (Å²) in [5, 5.41) is 2.71. The van der Waals surface area contributed by atoms with E-state index in [4.69, 9.17) is 9.97 Å². The SMILES string of the molecule is CC(C)(C)Cn1c(NCS(=O)(=O)O)nc2ccc(-c3[nH]c(C(C)(C)C)nc3-c3ccc(F)cc3)nc21. The Morgan fingerprint density at radius 2 is 1.67 bits per heavy atom. The summed E-state index contributed by atoms with van der Waals surface area (Å²) in [6.45, 7) is 12.8. The van der Waals surface area contributed by atoms with Gasteiger partial charge >= 0.3 is 0 Å². The van der Waals surface area contributed by atoms with Gasteiger partial charge in [-0.05, 0) is 41.8 Å². The topological polar surface area (TPSA) is 126 Å². The summed E-state index contributed by atoms with van der Waals surface area (Å²) < 4.78 is 47.3. The lowest BCUT2D eigenvalue weighted by atomic mass is 9.96. The van der Waals surface area contributed by atoms with Gasteiger partial charge in [-0.3, -0.25) is 9.12 Å². The molecule has 0 aliphatic heterocycles. The normalized spacial score (nSPS) is 12.9. The molecule has 36 heavy (non-hydrogen) atoms. The van der Waals surface area contributed by atoms with Crippen LogP contribution < -0.4 is 5.32 Å². The van der Waals surface area contributed by atoms with Crippen LogP contribution in [0.2, 0.25) is 0 Å². The lowest BCUT2D eigenvalue weighted by Gasteiger charge is -2.21. The summed E-state index contributed by atoms with van der Waals surface area (Å²) in [5.74, 6) is 0.0539. The Labute approximate surface area is 210 Å². The van der Waals surface area contributed by atoms with Crippen LogP contribution in [0.5, 0.6) is 0 Å². The molecule has 0 spiro atoms. The van der Waals surface area contributed by atoms with Gasteiger partial charge in [0.25, 0.3) is 10.1 Å². The molecule has 192 valence electrons. The highest BCUT2D eigenvalue weighted by Gasteiger charge is 2.25. The summed E-state index contributed by atoms with van der Waals surface area (Å²) in [6, 6.07) is 9.78. The van der Waals surface area contributed by atoms with Crippen molar-refractivity contribution < 1.29 is 17.4 Å². The lowest BCUT2D eigenvalue weighted by Crippen LogP contribution is -2.20.